The standard InChI is InChI=1S/C18H20N2O4/c1-20(11-13-7-8-13)17(21)12-24-15-5-2-4-14(10-15)19-18(22)16-6-3-9-23-16/h2-6,9-10,13H,7-8,11-12H2,1H3,(H,19,22). The number of rotatable bonds is 7. The number of ether oxygens (including phenoxy) is 1. The van der Waals surface area contributed by atoms with Gasteiger partial charge in [-0.05, 0) is 43.0 Å². The molecule has 2 aromatic rings. The number of likely N-dealkylation sites (N-methyl/N-ethyl adjacent to an activating group) is 1. The maximum atomic E-state index is 12.0. The Labute approximate surface area is 140 Å². The molecule has 1 aliphatic carbocycles. The minimum Gasteiger partial charge on any atom is -0.484 e. The average molecular weight is 328 g/mol. The highest BCUT2D eigenvalue weighted by Crippen LogP contribution is 2.29. The second kappa shape index (κ2) is 7.21. The number of hydrogen-bond donors (Lipinski definition) is 1. The van der Waals surface area contributed by atoms with Crippen molar-refractivity contribution in [3.8, 4) is 5.75 Å². The van der Waals surface area contributed by atoms with E-state index < -0.39 is 0 Å². The molecule has 1 aromatic heterocycles. The number of furan rings is 1. The molecular weight excluding hydrogens is 308 g/mol. The molecule has 0 bridgehead atoms. The van der Waals surface area contributed by atoms with Crippen LogP contribution in [-0.2, 0) is 4.79 Å². The van der Waals surface area contributed by atoms with Gasteiger partial charge in [0.15, 0.2) is 12.4 Å². The molecule has 1 saturated carbocycles. The molecule has 1 aromatic carbocycles. The van der Waals surface area contributed by atoms with Crippen molar-refractivity contribution in [2.45, 2.75) is 12.8 Å². The summed E-state index contributed by atoms with van der Waals surface area (Å²) >= 11 is 0. The van der Waals surface area contributed by atoms with E-state index in [1.54, 1.807) is 48.3 Å². The Morgan fingerprint density at radius 2 is 2.12 bits per heavy atom. The fraction of sp³-hybridized carbons (Fsp3) is 0.333. The zero-order chi connectivity index (χ0) is 16.9. The van der Waals surface area contributed by atoms with Crippen molar-refractivity contribution in [3.05, 3.63) is 48.4 Å². The second-order valence-corrected chi connectivity index (χ2v) is 5.97. The van der Waals surface area contributed by atoms with Crippen molar-refractivity contribution in [2.24, 2.45) is 5.92 Å². The van der Waals surface area contributed by atoms with Crippen molar-refractivity contribution in [1.29, 1.82) is 0 Å². The Bertz CT molecular complexity index is 708. The molecule has 126 valence electrons. The van der Waals surface area contributed by atoms with Crippen molar-refractivity contribution in [3.63, 3.8) is 0 Å². The maximum Gasteiger partial charge on any atom is 0.291 e. The zero-order valence-electron chi connectivity index (χ0n) is 13.5. The number of amides is 2. The molecule has 1 N–H and O–H groups in total. The Morgan fingerprint density at radius 3 is 2.83 bits per heavy atom. The number of carbonyl (C=O) groups is 2. The highest BCUT2D eigenvalue weighted by atomic mass is 16.5. The van der Waals surface area contributed by atoms with E-state index in [0.29, 0.717) is 17.4 Å². The van der Waals surface area contributed by atoms with Crippen molar-refractivity contribution in [2.75, 3.05) is 25.5 Å². The summed E-state index contributed by atoms with van der Waals surface area (Å²) in [6.07, 6.45) is 3.85. The normalized spacial score (nSPS) is 13.4. The first kappa shape index (κ1) is 16.1. The van der Waals surface area contributed by atoms with Crippen LogP contribution in [0.5, 0.6) is 5.75 Å². The van der Waals surface area contributed by atoms with Crippen LogP contribution in [0.15, 0.2) is 47.1 Å². The van der Waals surface area contributed by atoms with Crippen LogP contribution in [0.25, 0.3) is 0 Å². The lowest BCUT2D eigenvalue weighted by atomic mass is 10.3. The summed E-state index contributed by atoms with van der Waals surface area (Å²) in [5.74, 6) is 1.03. The predicted octanol–water partition coefficient (Wildman–Crippen LogP) is 2.78. The van der Waals surface area contributed by atoms with E-state index in [9.17, 15) is 9.59 Å². The van der Waals surface area contributed by atoms with Gasteiger partial charge in [-0.25, -0.2) is 0 Å². The maximum absolute atomic E-state index is 12.0. The van der Waals surface area contributed by atoms with Gasteiger partial charge in [0.2, 0.25) is 0 Å². The van der Waals surface area contributed by atoms with Gasteiger partial charge in [0, 0.05) is 25.3 Å². The van der Waals surface area contributed by atoms with Crippen LogP contribution in [0.1, 0.15) is 23.4 Å². The van der Waals surface area contributed by atoms with Gasteiger partial charge in [-0.15, -0.1) is 0 Å². The highest BCUT2D eigenvalue weighted by Gasteiger charge is 2.24. The van der Waals surface area contributed by atoms with Crippen molar-refractivity contribution < 1.29 is 18.7 Å². The van der Waals surface area contributed by atoms with Crippen LogP contribution in [0.2, 0.25) is 0 Å². The van der Waals surface area contributed by atoms with Crippen LogP contribution in [0.4, 0.5) is 5.69 Å². The Kier molecular flexibility index (Phi) is 4.84. The molecule has 1 fully saturated rings. The molecule has 3 rings (SSSR count). The Hall–Kier alpha value is -2.76. The van der Waals surface area contributed by atoms with E-state index in [2.05, 4.69) is 5.32 Å². The summed E-state index contributed by atoms with van der Waals surface area (Å²) in [6.45, 7) is 0.778. The highest BCUT2D eigenvalue weighted by molar-refractivity contribution is 6.02. The third-order valence-corrected chi connectivity index (χ3v) is 3.85. The average Bonchev–Trinajstić information content (AvgIpc) is 3.21. The van der Waals surface area contributed by atoms with E-state index in [0.717, 1.165) is 6.54 Å². The van der Waals surface area contributed by atoms with Gasteiger partial charge in [0.05, 0.1) is 6.26 Å². The first-order chi connectivity index (χ1) is 11.6. The molecule has 0 unspecified atom stereocenters. The van der Waals surface area contributed by atoms with Crippen LogP contribution in [0.3, 0.4) is 0 Å². The lowest BCUT2D eigenvalue weighted by molar-refractivity contribution is -0.132. The van der Waals surface area contributed by atoms with Gasteiger partial charge >= 0.3 is 0 Å². The van der Waals surface area contributed by atoms with Gasteiger partial charge in [-0.1, -0.05) is 6.07 Å². The van der Waals surface area contributed by atoms with Crippen LogP contribution in [-0.4, -0.2) is 36.9 Å². The smallest absolute Gasteiger partial charge is 0.291 e. The molecule has 0 saturated heterocycles. The topological polar surface area (TPSA) is 71.8 Å². The Morgan fingerprint density at radius 1 is 1.29 bits per heavy atom. The third-order valence-electron chi connectivity index (χ3n) is 3.85. The minimum absolute atomic E-state index is 0.0151. The monoisotopic (exact) mass is 328 g/mol. The van der Waals surface area contributed by atoms with Crippen molar-refractivity contribution in [1.82, 2.24) is 4.90 Å². The van der Waals surface area contributed by atoms with Gasteiger partial charge < -0.3 is 19.4 Å². The molecule has 0 aliphatic heterocycles. The fourth-order valence-corrected chi connectivity index (χ4v) is 2.31. The zero-order valence-corrected chi connectivity index (χ0v) is 13.5. The second-order valence-electron chi connectivity index (χ2n) is 5.97. The SMILES string of the molecule is CN(CC1CC1)C(=O)COc1cccc(NC(=O)c2ccco2)c1. The minimum atomic E-state index is -0.336. The third kappa shape index (κ3) is 4.38. The summed E-state index contributed by atoms with van der Waals surface area (Å²) in [5, 5.41) is 2.72. The van der Waals surface area contributed by atoms with Gasteiger partial charge in [0.25, 0.3) is 11.8 Å². The van der Waals surface area contributed by atoms with E-state index in [4.69, 9.17) is 9.15 Å². The van der Waals surface area contributed by atoms with Crippen LogP contribution >= 0.6 is 0 Å². The quantitative estimate of drug-likeness (QED) is 0.848. The lowest BCUT2D eigenvalue weighted by Gasteiger charge is -2.17. The van der Waals surface area contributed by atoms with Crippen LogP contribution in [0, 0.1) is 5.92 Å². The summed E-state index contributed by atoms with van der Waals surface area (Å²) in [7, 11) is 1.80. The number of anilines is 1. The molecule has 0 radical (unpaired) electrons. The number of nitrogens with zero attached hydrogens (tertiary/aromatic N) is 1. The number of carbonyl (C=O) groups excluding carboxylic acids is 2. The van der Waals surface area contributed by atoms with E-state index in [-0.39, 0.29) is 24.2 Å². The molecule has 2 amide bonds. The number of benzene rings is 1. The number of hydrogen-bond acceptors (Lipinski definition) is 4. The molecule has 6 heteroatoms. The first-order valence-corrected chi connectivity index (χ1v) is 7.93. The van der Waals surface area contributed by atoms with Gasteiger partial charge in [-0.2, -0.15) is 0 Å². The predicted molar refractivity (Wildman–Crippen MR) is 89.0 cm³/mol. The molecule has 6 nitrogen and oxygen atoms in total. The van der Waals surface area contributed by atoms with Gasteiger partial charge in [-0.3, -0.25) is 9.59 Å². The van der Waals surface area contributed by atoms with Gasteiger partial charge in [0.1, 0.15) is 5.75 Å². The molecule has 0 spiro atoms. The molecule has 0 atom stereocenters. The van der Waals surface area contributed by atoms with Crippen LogP contribution < -0.4 is 10.1 Å². The van der Waals surface area contributed by atoms with Crippen molar-refractivity contribution >= 4 is 17.5 Å². The molecule has 1 aliphatic rings. The lowest BCUT2D eigenvalue weighted by Crippen LogP contribution is -2.32. The molecular formula is C18H20N2O4. The van der Waals surface area contributed by atoms with E-state index >= 15 is 0 Å². The molecule has 1 heterocycles. The largest absolute Gasteiger partial charge is 0.484 e. The molecule has 24 heavy (non-hydrogen) atoms. The fourth-order valence-electron chi connectivity index (χ4n) is 2.31. The Balaban J connectivity index is 1.52. The summed E-state index contributed by atoms with van der Waals surface area (Å²) in [4.78, 5) is 25.7. The summed E-state index contributed by atoms with van der Waals surface area (Å²) in [5.41, 5.74) is 0.577. The van der Waals surface area contributed by atoms with E-state index in [1.807, 2.05) is 0 Å². The number of nitrogens with one attached hydrogen (secondary N) is 1. The first-order valence-electron chi connectivity index (χ1n) is 7.93. The summed E-state index contributed by atoms with van der Waals surface area (Å²) < 4.78 is 10.6. The van der Waals surface area contributed by atoms with E-state index in [1.165, 1.54) is 19.1 Å². The summed E-state index contributed by atoms with van der Waals surface area (Å²) in [6, 6.07) is 10.2.